The molecule has 1 aliphatic rings. The minimum atomic E-state index is -4.53. The highest BCUT2D eigenvalue weighted by Crippen LogP contribution is 2.31. The second-order valence-electron chi connectivity index (χ2n) is 5.02. The Balaban J connectivity index is 2.16. The van der Waals surface area contributed by atoms with Gasteiger partial charge in [0.1, 0.15) is 6.09 Å². The zero-order valence-electron chi connectivity index (χ0n) is 11.3. The number of benzene rings is 1. The number of piperidine rings is 1. The van der Waals surface area contributed by atoms with Crippen molar-refractivity contribution in [2.75, 3.05) is 13.1 Å². The van der Waals surface area contributed by atoms with Gasteiger partial charge in [0.2, 0.25) is 0 Å². The van der Waals surface area contributed by atoms with Crippen molar-refractivity contribution in [1.82, 2.24) is 4.90 Å². The van der Waals surface area contributed by atoms with Crippen LogP contribution in [0.15, 0.2) is 29.2 Å². The van der Waals surface area contributed by atoms with Crippen LogP contribution in [0.2, 0.25) is 0 Å². The van der Waals surface area contributed by atoms with Gasteiger partial charge in [-0.3, -0.25) is 0 Å². The molecule has 1 fully saturated rings. The molecule has 0 atom stereocenters. The zero-order valence-corrected chi connectivity index (χ0v) is 12.2. The lowest BCUT2D eigenvalue weighted by Crippen LogP contribution is -2.47. The van der Waals surface area contributed by atoms with Crippen molar-refractivity contribution < 1.29 is 31.5 Å². The number of rotatable bonds is 2. The fraction of sp³-hybridized carbons (Fsp3) is 0.462. The standard InChI is InChI=1S/C13H14F3NO4S/c14-13(15,16)9-1-3-10(4-2-9)22(20,21)11-5-7-17(8-6-11)12(18)19/h1-4,11H,5-8H2,(H,18,19)/p-1. The second kappa shape index (κ2) is 5.79. The highest BCUT2D eigenvalue weighted by Gasteiger charge is 2.33. The van der Waals surface area contributed by atoms with E-state index >= 15 is 0 Å². The maximum atomic E-state index is 12.5. The summed E-state index contributed by atoms with van der Waals surface area (Å²) in [6, 6.07) is 3.32. The highest BCUT2D eigenvalue weighted by molar-refractivity contribution is 7.92. The van der Waals surface area contributed by atoms with E-state index in [9.17, 15) is 31.5 Å². The Hall–Kier alpha value is -1.77. The molecule has 0 aliphatic carbocycles. The van der Waals surface area contributed by atoms with Gasteiger partial charge in [-0.25, -0.2) is 8.42 Å². The number of hydrogen-bond donors (Lipinski definition) is 0. The molecular formula is C13H13F3NO4S-. The third kappa shape index (κ3) is 3.34. The molecule has 1 amide bonds. The predicted molar refractivity (Wildman–Crippen MR) is 68.6 cm³/mol. The first kappa shape index (κ1) is 16.6. The number of nitrogens with zero attached hydrogens (tertiary/aromatic N) is 1. The van der Waals surface area contributed by atoms with Gasteiger partial charge in [-0.05, 0) is 37.1 Å². The van der Waals surface area contributed by atoms with Crippen LogP contribution in [-0.2, 0) is 16.0 Å². The average Bonchev–Trinajstić information content (AvgIpc) is 2.46. The Labute approximate surface area is 125 Å². The molecule has 122 valence electrons. The second-order valence-corrected chi connectivity index (χ2v) is 7.25. The van der Waals surface area contributed by atoms with Crippen LogP contribution < -0.4 is 5.11 Å². The van der Waals surface area contributed by atoms with E-state index in [4.69, 9.17) is 0 Å². The van der Waals surface area contributed by atoms with Crippen LogP contribution in [0.25, 0.3) is 0 Å². The number of carbonyl (C=O) groups is 1. The van der Waals surface area contributed by atoms with Crippen molar-refractivity contribution in [3.8, 4) is 0 Å². The van der Waals surface area contributed by atoms with Gasteiger partial charge in [0.15, 0.2) is 9.84 Å². The van der Waals surface area contributed by atoms with Gasteiger partial charge in [0.25, 0.3) is 0 Å². The van der Waals surface area contributed by atoms with Crippen LogP contribution in [0.5, 0.6) is 0 Å². The first-order valence-corrected chi connectivity index (χ1v) is 8.04. The minimum Gasteiger partial charge on any atom is -0.530 e. The van der Waals surface area contributed by atoms with E-state index < -0.39 is 32.9 Å². The van der Waals surface area contributed by atoms with Crippen LogP contribution in [0.1, 0.15) is 18.4 Å². The number of likely N-dealkylation sites (tertiary alicyclic amines) is 1. The van der Waals surface area contributed by atoms with Gasteiger partial charge in [0, 0.05) is 13.1 Å². The number of carbonyl (C=O) groups excluding carboxylic acids is 1. The highest BCUT2D eigenvalue weighted by atomic mass is 32.2. The van der Waals surface area contributed by atoms with Gasteiger partial charge < -0.3 is 14.8 Å². The summed E-state index contributed by atoms with van der Waals surface area (Å²) in [5.74, 6) is 0. The Morgan fingerprint density at radius 3 is 2.05 bits per heavy atom. The lowest BCUT2D eigenvalue weighted by atomic mass is 10.1. The largest absolute Gasteiger partial charge is 0.530 e. The number of hydrogen-bond acceptors (Lipinski definition) is 4. The van der Waals surface area contributed by atoms with Crippen LogP contribution >= 0.6 is 0 Å². The molecule has 9 heteroatoms. The fourth-order valence-corrected chi connectivity index (χ4v) is 4.11. The summed E-state index contributed by atoms with van der Waals surface area (Å²) < 4.78 is 62.1. The molecule has 1 aromatic rings. The molecule has 1 aromatic carbocycles. The van der Waals surface area contributed by atoms with Crippen molar-refractivity contribution >= 4 is 15.9 Å². The topological polar surface area (TPSA) is 77.5 Å². The van der Waals surface area contributed by atoms with Crippen molar-refractivity contribution in [2.45, 2.75) is 29.2 Å². The number of amides is 1. The van der Waals surface area contributed by atoms with E-state index in [1.165, 1.54) is 0 Å². The molecule has 5 nitrogen and oxygen atoms in total. The first-order valence-electron chi connectivity index (χ1n) is 6.49. The number of halogens is 3. The summed E-state index contributed by atoms with van der Waals surface area (Å²) in [6.07, 6.45) is -5.69. The SMILES string of the molecule is O=C([O-])N1CCC(S(=O)(=O)c2ccc(C(F)(F)F)cc2)CC1. The van der Waals surface area contributed by atoms with Crippen molar-refractivity contribution in [2.24, 2.45) is 0 Å². The van der Waals surface area contributed by atoms with E-state index in [0.717, 1.165) is 29.2 Å². The maximum absolute atomic E-state index is 12.5. The van der Waals surface area contributed by atoms with Crippen LogP contribution in [-0.4, -0.2) is 37.8 Å². The van der Waals surface area contributed by atoms with E-state index in [-0.39, 0.29) is 30.8 Å². The van der Waals surface area contributed by atoms with E-state index in [1.807, 2.05) is 0 Å². The smallest absolute Gasteiger partial charge is 0.416 e. The lowest BCUT2D eigenvalue weighted by Gasteiger charge is -2.33. The van der Waals surface area contributed by atoms with E-state index in [2.05, 4.69) is 0 Å². The van der Waals surface area contributed by atoms with Crippen molar-refractivity contribution in [3.63, 3.8) is 0 Å². The quantitative estimate of drug-likeness (QED) is 0.815. The Bertz CT molecular complexity index is 647. The molecule has 0 aromatic heterocycles. The normalized spacial score (nSPS) is 17.5. The molecule has 0 N–H and O–H groups in total. The van der Waals surface area contributed by atoms with Gasteiger partial charge in [0.05, 0.1) is 15.7 Å². The summed E-state index contributed by atoms with van der Waals surface area (Å²) in [5, 5.41) is 9.87. The third-order valence-corrected chi connectivity index (χ3v) is 5.93. The molecule has 0 unspecified atom stereocenters. The van der Waals surface area contributed by atoms with Gasteiger partial charge >= 0.3 is 6.18 Å². The number of carboxylic acid groups (broad SMARTS) is 1. The van der Waals surface area contributed by atoms with E-state index in [1.54, 1.807) is 0 Å². The average molecular weight is 336 g/mol. The molecule has 0 radical (unpaired) electrons. The third-order valence-electron chi connectivity index (χ3n) is 3.65. The molecule has 2 rings (SSSR count). The van der Waals surface area contributed by atoms with Gasteiger partial charge in [-0.1, -0.05) is 0 Å². The minimum absolute atomic E-state index is 0.0346. The summed E-state index contributed by atoms with van der Waals surface area (Å²) in [5.41, 5.74) is -0.918. The molecule has 1 heterocycles. The predicted octanol–water partition coefficient (Wildman–Crippen LogP) is 1.29. The van der Waals surface area contributed by atoms with Crippen LogP contribution in [0, 0.1) is 0 Å². The fourth-order valence-electron chi connectivity index (χ4n) is 2.37. The maximum Gasteiger partial charge on any atom is 0.416 e. The van der Waals surface area contributed by atoms with Gasteiger partial charge in [-0.15, -0.1) is 0 Å². The molecule has 1 saturated heterocycles. The number of sulfone groups is 1. The zero-order chi connectivity index (χ0) is 16.5. The van der Waals surface area contributed by atoms with Gasteiger partial charge in [-0.2, -0.15) is 13.2 Å². The Morgan fingerprint density at radius 1 is 1.14 bits per heavy atom. The Morgan fingerprint density at radius 2 is 1.64 bits per heavy atom. The van der Waals surface area contributed by atoms with E-state index in [0.29, 0.717) is 0 Å². The monoisotopic (exact) mass is 336 g/mol. The summed E-state index contributed by atoms with van der Waals surface area (Å²) in [7, 11) is -3.78. The molecule has 0 spiro atoms. The van der Waals surface area contributed by atoms with Crippen LogP contribution in [0.3, 0.4) is 0 Å². The van der Waals surface area contributed by atoms with Crippen LogP contribution in [0.4, 0.5) is 18.0 Å². The molecular weight excluding hydrogens is 323 g/mol. The molecule has 22 heavy (non-hydrogen) atoms. The molecule has 1 aliphatic heterocycles. The lowest BCUT2D eigenvalue weighted by molar-refractivity contribution is -0.266. The summed E-state index contributed by atoms with van der Waals surface area (Å²) in [6.45, 7) is 0.0692. The molecule has 0 saturated carbocycles. The Kier molecular flexibility index (Phi) is 4.37. The summed E-state index contributed by atoms with van der Waals surface area (Å²) in [4.78, 5) is 11.5. The molecule has 0 bridgehead atoms. The summed E-state index contributed by atoms with van der Waals surface area (Å²) >= 11 is 0. The van der Waals surface area contributed by atoms with Crippen molar-refractivity contribution in [3.05, 3.63) is 29.8 Å². The first-order chi connectivity index (χ1) is 10.1. The van der Waals surface area contributed by atoms with Crippen molar-refractivity contribution in [1.29, 1.82) is 0 Å². The number of alkyl halides is 3.